The Morgan fingerprint density at radius 2 is 1.90 bits per heavy atom. The Morgan fingerprint density at radius 3 is 2.38 bits per heavy atom. The average Bonchev–Trinajstić information content (AvgIpc) is 2.45. The molecular formula is C15H23ClN2O3. The molecule has 6 heteroatoms. The summed E-state index contributed by atoms with van der Waals surface area (Å²) in [5.74, 6) is 0.978. The van der Waals surface area contributed by atoms with E-state index < -0.39 is 0 Å². The van der Waals surface area contributed by atoms with Gasteiger partial charge in [-0.2, -0.15) is 0 Å². The molecule has 21 heavy (non-hydrogen) atoms. The lowest BCUT2D eigenvalue weighted by molar-refractivity contribution is -0.120. The smallest absolute Gasteiger partial charge is 0.228 e. The van der Waals surface area contributed by atoms with Crippen molar-refractivity contribution in [2.24, 2.45) is 17.6 Å². The zero-order valence-electron chi connectivity index (χ0n) is 12.9. The molecule has 1 rings (SSSR count). The minimum atomic E-state index is -0.239. The van der Waals surface area contributed by atoms with E-state index in [2.05, 4.69) is 19.2 Å². The molecule has 0 bridgehead atoms. The second-order valence-corrected chi connectivity index (χ2v) is 5.65. The first-order valence-electron chi connectivity index (χ1n) is 6.85. The van der Waals surface area contributed by atoms with Gasteiger partial charge in [0, 0.05) is 18.7 Å². The zero-order chi connectivity index (χ0) is 16.0. The molecule has 0 radical (unpaired) electrons. The van der Waals surface area contributed by atoms with Crippen molar-refractivity contribution >= 4 is 23.2 Å². The molecule has 0 aliphatic heterocycles. The summed E-state index contributed by atoms with van der Waals surface area (Å²) in [7, 11) is 3.03. The second kappa shape index (κ2) is 8.10. The van der Waals surface area contributed by atoms with Gasteiger partial charge in [-0.05, 0) is 12.3 Å². The number of ether oxygens (including phenoxy) is 2. The Labute approximate surface area is 130 Å². The van der Waals surface area contributed by atoms with Gasteiger partial charge in [-0.3, -0.25) is 4.79 Å². The van der Waals surface area contributed by atoms with E-state index in [1.165, 1.54) is 14.2 Å². The summed E-state index contributed by atoms with van der Waals surface area (Å²) in [5.41, 5.74) is 6.21. The summed E-state index contributed by atoms with van der Waals surface area (Å²) >= 11 is 6.04. The fourth-order valence-electron chi connectivity index (χ4n) is 2.07. The van der Waals surface area contributed by atoms with Crippen molar-refractivity contribution in [2.45, 2.75) is 20.3 Å². The van der Waals surface area contributed by atoms with E-state index in [1.54, 1.807) is 12.1 Å². The van der Waals surface area contributed by atoms with Crippen LogP contribution in [0.3, 0.4) is 0 Å². The standard InChI is InChI=1S/C15H23ClN2O3/c1-9(2)5-10(8-17)15(19)18-12-7-13(20-3)11(16)6-14(12)21-4/h6-7,9-10H,5,8,17H2,1-4H3,(H,18,19). The number of hydrogen-bond acceptors (Lipinski definition) is 4. The Morgan fingerprint density at radius 1 is 1.29 bits per heavy atom. The number of carbonyl (C=O) groups is 1. The normalized spacial score (nSPS) is 12.1. The van der Waals surface area contributed by atoms with Crippen LogP contribution in [0.15, 0.2) is 12.1 Å². The van der Waals surface area contributed by atoms with Gasteiger partial charge < -0.3 is 20.5 Å². The SMILES string of the molecule is COc1cc(NC(=O)C(CN)CC(C)C)c(OC)cc1Cl. The lowest BCUT2D eigenvalue weighted by Crippen LogP contribution is -2.30. The van der Waals surface area contributed by atoms with E-state index >= 15 is 0 Å². The van der Waals surface area contributed by atoms with Crippen LogP contribution in [0, 0.1) is 11.8 Å². The van der Waals surface area contributed by atoms with Gasteiger partial charge in [-0.1, -0.05) is 25.4 Å². The maximum Gasteiger partial charge on any atom is 0.228 e. The monoisotopic (exact) mass is 314 g/mol. The third-order valence-corrected chi connectivity index (χ3v) is 3.44. The Balaban J connectivity index is 2.97. The molecule has 0 spiro atoms. The number of nitrogens with two attached hydrogens (primary N) is 1. The van der Waals surface area contributed by atoms with Gasteiger partial charge >= 0.3 is 0 Å². The van der Waals surface area contributed by atoms with Crippen molar-refractivity contribution in [2.75, 3.05) is 26.1 Å². The summed E-state index contributed by atoms with van der Waals surface area (Å²) in [6.07, 6.45) is 0.732. The summed E-state index contributed by atoms with van der Waals surface area (Å²) in [4.78, 5) is 12.3. The van der Waals surface area contributed by atoms with Crippen LogP contribution in [0.5, 0.6) is 11.5 Å². The largest absolute Gasteiger partial charge is 0.495 e. The number of methoxy groups -OCH3 is 2. The van der Waals surface area contributed by atoms with Crippen LogP contribution < -0.4 is 20.5 Å². The number of halogens is 1. The molecule has 3 N–H and O–H groups in total. The first kappa shape index (κ1) is 17.6. The van der Waals surface area contributed by atoms with Crippen LogP contribution in [0.4, 0.5) is 5.69 Å². The maximum atomic E-state index is 12.3. The molecule has 1 unspecified atom stereocenters. The number of rotatable bonds is 7. The number of benzene rings is 1. The first-order valence-corrected chi connectivity index (χ1v) is 7.23. The van der Waals surface area contributed by atoms with Gasteiger partial charge in [0.15, 0.2) is 0 Å². The fraction of sp³-hybridized carbons (Fsp3) is 0.533. The molecule has 0 saturated heterocycles. The van der Waals surface area contributed by atoms with Crippen molar-refractivity contribution in [1.82, 2.24) is 0 Å². The highest BCUT2D eigenvalue weighted by Crippen LogP contribution is 2.36. The van der Waals surface area contributed by atoms with Crippen molar-refractivity contribution < 1.29 is 14.3 Å². The quantitative estimate of drug-likeness (QED) is 0.811. The number of anilines is 1. The minimum absolute atomic E-state index is 0.131. The fourth-order valence-corrected chi connectivity index (χ4v) is 2.30. The van der Waals surface area contributed by atoms with Gasteiger partial charge in [-0.15, -0.1) is 0 Å². The molecule has 0 aliphatic rings. The predicted octanol–water partition coefficient (Wildman–Crippen LogP) is 2.92. The van der Waals surface area contributed by atoms with Crippen LogP contribution in [-0.4, -0.2) is 26.7 Å². The molecule has 0 aromatic heterocycles. The molecule has 0 saturated carbocycles. The van der Waals surface area contributed by atoms with Crippen LogP contribution in [0.25, 0.3) is 0 Å². The third-order valence-electron chi connectivity index (χ3n) is 3.14. The molecule has 1 aromatic carbocycles. The first-order chi connectivity index (χ1) is 9.92. The lowest BCUT2D eigenvalue weighted by Gasteiger charge is -2.18. The number of nitrogens with one attached hydrogen (secondary N) is 1. The molecule has 1 atom stereocenters. The molecule has 0 fully saturated rings. The molecular weight excluding hydrogens is 292 g/mol. The molecule has 1 aromatic rings. The predicted molar refractivity (Wildman–Crippen MR) is 85.2 cm³/mol. The Bertz CT molecular complexity index is 492. The van der Waals surface area contributed by atoms with Crippen LogP contribution in [0.1, 0.15) is 20.3 Å². The highest BCUT2D eigenvalue weighted by atomic mass is 35.5. The van der Waals surface area contributed by atoms with Crippen LogP contribution in [-0.2, 0) is 4.79 Å². The average molecular weight is 315 g/mol. The van der Waals surface area contributed by atoms with Crippen LogP contribution in [0.2, 0.25) is 5.02 Å². The molecule has 118 valence electrons. The Hall–Kier alpha value is -1.46. The molecule has 0 aliphatic carbocycles. The highest BCUT2D eigenvalue weighted by molar-refractivity contribution is 6.32. The summed E-state index contributed by atoms with van der Waals surface area (Å²) in [6.45, 7) is 4.42. The molecule has 5 nitrogen and oxygen atoms in total. The zero-order valence-corrected chi connectivity index (χ0v) is 13.7. The van der Waals surface area contributed by atoms with Crippen molar-refractivity contribution in [1.29, 1.82) is 0 Å². The summed E-state index contributed by atoms with van der Waals surface area (Å²) in [5, 5.41) is 3.26. The maximum absolute atomic E-state index is 12.3. The van der Waals surface area contributed by atoms with E-state index in [0.29, 0.717) is 34.7 Å². The topological polar surface area (TPSA) is 73.6 Å². The van der Waals surface area contributed by atoms with Crippen molar-refractivity contribution in [3.8, 4) is 11.5 Å². The number of hydrogen-bond donors (Lipinski definition) is 2. The van der Waals surface area contributed by atoms with Gasteiger partial charge in [0.25, 0.3) is 0 Å². The van der Waals surface area contributed by atoms with Crippen molar-refractivity contribution in [3.05, 3.63) is 17.2 Å². The van der Waals surface area contributed by atoms with Gasteiger partial charge in [0.05, 0.1) is 30.8 Å². The van der Waals surface area contributed by atoms with E-state index in [4.69, 9.17) is 26.8 Å². The van der Waals surface area contributed by atoms with Gasteiger partial charge in [-0.25, -0.2) is 0 Å². The van der Waals surface area contributed by atoms with Crippen LogP contribution >= 0.6 is 11.6 Å². The number of carbonyl (C=O) groups excluding carboxylic acids is 1. The van der Waals surface area contributed by atoms with Gasteiger partial charge in [0.1, 0.15) is 11.5 Å². The summed E-state index contributed by atoms with van der Waals surface area (Å²) < 4.78 is 10.4. The van der Waals surface area contributed by atoms with E-state index in [0.717, 1.165) is 6.42 Å². The summed E-state index contributed by atoms with van der Waals surface area (Å²) in [6, 6.07) is 3.25. The molecule has 1 amide bonds. The van der Waals surface area contributed by atoms with Crippen molar-refractivity contribution in [3.63, 3.8) is 0 Å². The van der Waals surface area contributed by atoms with Gasteiger partial charge in [0.2, 0.25) is 5.91 Å². The molecule has 0 heterocycles. The highest BCUT2D eigenvalue weighted by Gasteiger charge is 2.20. The van der Waals surface area contributed by atoms with E-state index in [1.807, 2.05) is 0 Å². The lowest BCUT2D eigenvalue weighted by atomic mass is 9.96. The third kappa shape index (κ3) is 4.79. The Kier molecular flexibility index (Phi) is 6.78. The van der Waals surface area contributed by atoms with E-state index in [9.17, 15) is 4.79 Å². The second-order valence-electron chi connectivity index (χ2n) is 5.24. The van der Waals surface area contributed by atoms with E-state index in [-0.39, 0.29) is 11.8 Å². The number of amides is 1. The minimum Gasteiger partial charge on any atom is -0.495 e.